The van der Waals surface area contributed by atoms with Gasteiger partial charge in [0.1, 0.15) is 0 Å². The normalized spacial score (nSPS) is 12.9. The smallest absolute Gasteiger partial charge is 0.170 e. The second-order valence-electron chi connectivity index (χ2n) is 2.66. The Bertz CT molecular complexity index is 407. The van der Waals surface area contributed by atoms with Gasteiger partial charge in [-0.15, -0.1) is 0 Å². The summed E-state index contributed by atoms with van der Waals surface area (Å²) in [6.45, 7) is 0. The largest absolute Gasteiger partial charge is 0.225 e. The molecular weight excluding hydrogens is 208 g/mol. The van der Waals surface area contributed by atoms with E-state index in [0.29, 0.717) is 5.56 Å². The predicted molar refractivity (Wildman–Crippen MR) is 55.1 cm³/mol. The van der Waals surface area contributed by atoms with Crippen molar-refractivity contribution in [2.45, 2.75) is 0 Å². The summed E-state index contributed by atoms with van der Waals surface area (Å²) >= 11 is 5.77. The van der Waals surface area contributed by atoms with Crippen LogP contribution >= 0.6 is 11.6 Å². The second-order valence-corrected chi connectivity index (χ2v) is 4.96. The molecular formula is C9H9ClO2S. The fourth-order valence-electron chi connectivity index (χ4n) is 0.853. The zero-order valence-electron chi connectivity index (χ0n) is 7.07. The number of hydrogen-bond acceptors (Lipinski definition) is 2. The number of hydrogen-bond donors (Lipinski definition) is 0. The Hall–Kier alpha value is -0.800. The fourth-order valence-corrected chi connectivity index (χ4v) is 1.98. The van der Waals surface area contributed by atoms with E-state index in [1.54, 1.807) is 24.3 Å². The summed E-state index contributed by atoms with van der Waals surface area (Å²) in [6.07, 6.45) is 1.11. The molecule has 0 aromatic heterocycles. The van der Waals surface area contributed by atoms with E-state index in [9.17, 15) is 8.42 Å². The molecule has 1 aromatic rings. The first-order valence-corrected chi connectivity index (χ1v) is 5.95. The van der Waals surface area contributed by atoms with Crippen LogP contribution in [-0.4, -0.2) is 14.7 Å². The minimum Gasteiger partial charge on any atom is -0.225 e. The summed E-state index contributed by atoms with van der Waals surface area (Å²) in [6, 6.07) is 8.95. The van der Waals surface area contributed by atoms with Crippen molar-refractivity contribution in [3.63, 3.8) is 0 Å². The van der Waals surface area contributed by atoms with Gasteiger partial charge in [0, 0.05) is 11.7 Å². The Morgan fingerprint density at radius 1 is 1.31 bits per heavy atom. The summed E-state index contributed by atoms with van der Waals surface area (Å²) < 4.78 is 21.7. The van der Waals surface area contributed by atoms with Gasteiger partial charge in [0.25, 0.3) is 0 Å². The molecule has 0 radical (unpaired) electrons. The monoisotopic (exact) mass is 216 g/mol. The van der Waals surface area contributed by atoms with Crippen molar-refractivity contribution in [3.8, 4) is 0 Å². The lowest BCUT2D eigenvalue weighted by Gasteiger charge is -1.96. The first kappa shape index (κ1) is 10.3. The van der Waals surface area contributed by atoms with Crippen LogP contribution in [0.1, 0.15) is 5.56 Å². The molecule has 0 unspecified atom stereocenters. The summed E-state index contributed by atoms with van der Waals surface area (Å²) in [5.41, 5.74) is 0.703. The molecule has 0 amide bonds. The van der Waals surface area contributed by atoms with Gasteiger partial charge in [-0.1, -0.05) is 41.9 Å². The Labute approximate surface area is 82.8 Å². The maximum atomic E-state index is 10.9. The molecule has 0 saturated heterocycles. The van der Waals surface area contributed by atoms with Crippen molar-refractivity contribution in [2.75, 3.05) is 6.26 Å². The Morgan fingerprint density at radius 3 is 2.31 bits per heavy atom. The highest BCUT2D eigenvalue weighted by Crippen LogP contribution is 2.18. The van der Waals surface area contributed by atoms with Crippen molar-refractivity contribution in [1.29, 1.82) is 0 Å². The van der Waals surface area contributed by atoms with E-state index in [-0.39, 0.29) is 5.03 Å². The number of sulfone groups is 1. The maximum Gasteiger partial charge on any atom is 0.170 e. The van der Waals surface area contributed by atoms with Gasteiger partial charge in [0.15, 0.2) is 9.84 Å². The summed E-state index contributed by atoms with van der Waals surface area (Å²) in [4.78, 5) is 0. The SMILES string of the molecule is CS(=O)(=O)/C=C(\Cl)c1ccccc1. The highest BCUT2D eigenvalue weighted by atomic mass is 35.5. The van der Waals surface area contributed by atoms with E-state index < -0.39 is 9.84 Å². The average molecular weight is 217 g/mol. The third-order valence-electron chi connectivity index (χ3n) is 1.37. The van der Waals surface area contributed by atoms with Crippen LogP contribution in [0.2, 0.25) is 0 Å². The van der Waals surface area contributed by atoms with E-state index >= 15 is 0 Å². The highest BCUT2D eigenvalue weighted by molar-refractivity contribution is 7.93. The van der Waals surface area contributed by atoms with Crippen molar-refractivity contribution in [3.05, 3.63) is 41.3 Å². The van der Waals surface area contributed by atoms with Crippen LogP contribution in [-0.2, 0) is 9.84 Å². The molecule has 0 heterocycles. The summed E-state index contributed by atoms with van der Waals surface area (Å²) in [5.74, 6) is 0. The van der Waals surface area contributed by atoms with Crippen molar-refractivity contribution in [2.24, 2.45) is 0 Å². The van der Waals surface area contributed by atoms with Crippen LogP contribution in [0, 0.1) is 0 Å². The molecule has 70 valence electrons. The minimum atomic E-state index is -3.17. The van der Waals surface area contributed by atoms with Gasteiger partial charge in [-0.2, -0.15) is 0 Å². The van der Waals surface area contributed by atoms with Crippen LogP contribution in [0.4, 0.5) is 0 Å². The van der Waals surface area contributed by atoms with Gasteiger partial charge in [-0.25, -0.2) is 8.42 Å². The van der Waals surface area contributed by atoms with Crippen molar-refractivity contribution < 1.29 is 8.42 Å². The van der Waals surface area contributed by atoms with Crippen LogP contribution in [0.5, 0.6) is 0 Å². The third-order valence-corrected chi connectivity index (χ3v) is 2.49. The lowest BCUT2D eigenvalue weighted by Crippen LogP contribution is -1.89. The summed E-state index contributed by atoms with van der Waals surface area (Å²) in [7, 11) is -3.17. The van der Waals surface area contributed by atoms with Crippen molar-refractivity contribution >= 4 is 26.5 Å². The minimum absolute atomic E-state index is 0.239. The van der Waals surface area contributed by atoms with Crippen LogP contribution in [0.3, 0.4) is 0 Å². The van der Waals surface area contributed by atoms with Crippen LogP contribution < -0.4 is 0 Å². The molecule has 0 fully saturated rings. The predicted octanol–water partition coefficient (Wildman–Crippen LogP) is 2.27. The standard InChI is InChI=1S/C9H9ClO2S/c1-13(11,12)7-9(10)8-5-3-2-4-6-8/h2-7H,1H3/b9-7-. The van der Waals surface area contributed by atoms with Gasteiger partial charge in [-0.05, 0) is 5.56 Å². The molecule has 0 spiro atoms. The average Bonchev–Trinajstić information content (AvgIpc) is 2.03. The van der Waals surface area contributed by atoms with Crippen molar-refractivity contribution in [1.82, 2.24) is 0 Å². The Kier molecular flexibility index (Phi) is 3.12. The van der Waals surface area contributed by atoms with E-state index in [1.165, 1.54) is 0 Å². The fraction of sp³-hybridized carbons (Fsp3) is 0.111. The van der Waals surface area contributed by atoms with E-state index in [2.05, 4.69) is 0 Å². The number of rotatable bonds is 2. The van der Waals surface area contributed by atoms with Gasteiger partial charge >= 0.3 is 0 Å². The van der Waals surface area contributed by atoms with Crippen LogP contribution in [0.15, 0.2) is 35.7 Å². The zero-order chi connectivity index (χ0) is 9.90. The molecule has 1 rings (SSSR count). The molecule has 1 aromatic carbocycles. The van der Waals surface area contributed by atoms with Crippen LogP contribution in [0.25, 0.3) is 5.03 Å². The maximum absolute atomic E-state index is 10.9. The van der Waals surface area contributed by atoms with E-state index in [4.69, 9.17) is 11.6 Å². The molecule has 13 heavy (non-hydrogen) atoms. The molecule has 0 N–H and O–H groups in total. The second kappa shape index (κ2) is 3.94. The van der Waals surface area contributed by atoms with Gasteiger partial charge in [0.05, 0.1) is 5.03 Å². The van der Waals surface area contributed by atoms with Gasteiger partial charge in [0.2, 0.25) is 0 Å². The Morgan fingerprint density at radius 2 is 1.85 bits per heavy atom. The quantitative estimate of drug-likeness (QED) is 0.760. The highest BCUT2D eigenvalue weighted by Gasteiger charge is 2.01. The molecule has 0 bridgehead atoms. The third kappa shape index (κ3) is 3.61. The number of benzene rings is 1. The lowest BCUT2D eigenvalue weighted by atomic mass is 10.2. The van der Waals surface area contributed by atoms with Gasteiger partial charge in [-0.3, -0.25) is 0 Å². The molecule has 2 nitrogen and oxygen atoms in total. The molecule has 0 aliphatic rings. The molecule has 0 saturated carbocycles. The Balaban J connectivity index is 3.06. The van der Waals surface area contributed by atoms with Gasteiger partial charge < -0.3 is 0 Å². The molecule has 0 aliphatic heterocycles. The number of halogens is 1. The first-order valence-electron chi connectivity index (χ1n) is 3.62. The first-order chi connectivity index (χ1) is 5.99. The van der Waals surface area contributed by atoms with E-state index in [0.717, 1.165) is 11.7 Å². The topological polar surface area (TPSA) is 34.1 Å². The lowest BCUT2D eigenvalue weighted by molar-refractivity contribution is 0.610. The summed E-state index contributed by atoms with van der Waals surface area (Å²) in [5, 5.41) is 1.28. The van der Waals surface area contributed by atoms with E-state index in [1.807, 2.05) is 6.07 Å². The zero-order valence-corrected chi connectivity index (χ0v) is 8.64. The molecule has 0 aliphatic carbocycles. The molecule has 0 atom stereocenters. The molecule has 4 heteroatoms.